The zero-order valence-electron chi connectivity index (χ0n) is 70.5. The lowest BCUT2D eigenvalue weighted by Gasteiger charge is -2.21. The lowest BCUT2D eigenvalue weighted by atomic mass is 10.0. The van der Waals surface area contributed by atoms with E-state index in [1.54, 1.807) is 0 Å². The molecule has 0 aromatic carbocycles. The monoisotopic (exact) mass is 1560 g/mol. The molecule has 2 unspecified atom stereocenters. The number of hydrogen-bond donors (Lipinski definition) is 3. The second-order valence-electron chi connectivity index (χ2n) is 32.6. The van der Waals surface area contributed by atoms with E-state index in [9.17, 15) is 43.2 Å². The van der Waals surface area contributed by atoms with Crippen molar-refractivity contribution < 1.29 is 80.2 Å². The molecule has 0 saturated heterocycles. The first-order valence-electron chi connectivity index (χ1n) is 45.5. The van der Waals surface area contributed by atoms with Crippen LogP contribution < -0.4 is 0 Å². The van der Waals surface area contributed by atoms with Gasteiger partial charge < -0.3 is 33.8 Å². The van der Waals surface area contributed by atoms with Crippen molar-refractivity contribution in [3.63, 3.8) is 0 Å². The van der Waals surface area contributed by atoms with Crippen molar-refractivity contribution >= 4 is 39.5 Å². The SMILES string of the molecule is CCCCCCCCCCCCCCCCCCCCCCCCC(=O)OC[C@H](COP(=O)(O)OC[C@@H](O)COP(=O)(O)OC[C@@H](COC(=O)CCCCCCCCCCC(C)C)OC(=O)CCCCCCCCCCCC(C)C)OC(=O)CCCCCCCCCCCCCCCCCCCCCCCC. The van der Waals surface area contributed by atoms with E-state index in [0.717, 1.165) is 102 Å². The van der Waals surface area contributed by atoms with Crippen LogP contribution in [-0.4, -0.2) is 96.7 Å². The molecule has 0 rings (SSSR count). The summed E-state index contributed by atoms with van der Waals surface area (Å²) in [4.78, 5) is 73.2. The first kappa shape index (κ1) is 105. The van der Waals surface area contributed by atoms with E-state index in [2.05, 4.69) is 41.5 Å². The van der Waals surface area contributed by atoms with Gasteiger partial charge in [-0.2, -0.15) is 0 Å². The summed E-state index contributed by atoms with van der Waals surface area (Å²) in [5.41, 5.74) is 0. The first-order chi connectivity index (χ1) is 51.9. The molecular formula is C88H172O17P2. The van der Waals surface area contributed by atoms with Gasteiger partial charge in [0.25, 0.3) is 0 Å². The van der Waals surface area contributed by atoms with Crippen LogP contribution in [0.4, 0.5) is 0 Å². The molecule has 0 spiro atoms. The fourth-order valence-electron chi connectivity index (χ4n) is 13.8. The van der Waals surface area contributed by atoms with E-state index >= 15 is 0 Å². The number of ether oxygens (including phenoxy) is 4. The van der Waals surface area contributed by atoms with Crippen LogP contribution in [0.25, 0.3) is 0 Å². The molecule has 0 aromatic heterocycles. The molecule has 3 N–H and O–H groups in total. The van der Waals surface area contributed by atoms with Gasteiger partial charge in [-0.1, -0.05) is 420 Å². The standard InChI is InChI=1S/C88H172O17P2/c1-7-9-11-13-15-17-19-21-23-25-27-29-31-33-35-37-39-41-45-52-58-64-70-85(90)98-76-83(104-87(92)72-66-60-54-46-42-40-38-36-34-32-30-28-26-24-22-20-18-16-14-12-10-8-2)78-102-106(94,95)100-74-82(89)75-101-107(96,97)103-79-84(77-99-86(91)71-65-59-53-49-48-51-57-63-69-81(5)6)105-88(93)73-67-61-55-47-43-44-50-56-62-68-80(3)4/h80-84,89H,7-79H2,1-6H3,(H,94,95)(H,96,97)/t82-,83-,84-/m1/s1. The predicted molar refractivity (Wildman–Crippen MR) is 442 cm³/mol. The molecule has 5 atom stereocenters. The number of phosphoric ester groups is 2. The van der Waals surface area contributed by atoms with Crippen molar-refractivity contribution in [3.05, 3.63) is 0 Å². The highest BCUT2D eigenvalue weighted by Crippen LogP contribution is 2.45. The molecule has 0 aliphatic rings. The third-order valence-electron chi connectivity index (χ3n) is 20.7. The van der Waals surface area contributed by atoms with E-state index < -0.39 is 97.5 Å². The van der Waals surface area contributed by atoms with Crippen LogP contribution in [0, 0.1) is 11.8 Å². The largest absolute Gasteiger partial charge is 0.472 e. The van der Waals surface area contributed by atoms with Crippen LogP contribution >= 0.6 is 15.6 Å². The minimum atomic E-state index is -4.97. The third-order valence-corrected chi connectivity index (χ3v) is 22.6. The molecule has 636 valence electrons. The van der Waals surface area contributed by atoms with Crippen LogP contribution in [0.1, 0.15) is 472 Å². The summed E-state index contributed by atoms with van der Waals surface area (Å²) in [5, 5.41) is 10.7. The highest BCUT2D eigenvalue weighted by atomic mass is 31.2. The number of rotatable bonds is 87. The number of carbonyl (C=O) groups excluding carboxylic acids is 4. The Morgan fingerprint density at radius 3 is 0.636 bits per heavy atom. The van der Waals surface area contributed by atoms with E-state index in [4.69, 9.17) is 37.0 Å². The molecule has 0 aromatic rings. The van der Waals surface area contributed by atoms with Gasteiger partial charge in [-0.15, -0.1) is 0 Å². The molecule has 0 radical (unpaired) electrons. The number of unbranched alkanes of at least 4 members (excludes halogenated alkanes) is 57. The zero-order chi connectivity index (χ0) is 78.5. The molecule has 0 fully saturated rings. The van der Waals surface area contributed by atoms with E-state index in [0.29, 0.717) is 25.7 Å². The van der Waals surface area contributed by atoms with Crippen molar-refractivity contribution in [2.45, 2.75) is 490 Å². The number of esters is 4. The Hall–Kier alpha value is -1.94. The molecule has 0 amide bonds. The molecular weight excluding hydrogens is 1390 g/mol. The van der Waals surface area contributed by atoms with Gasteiger partial charge in [0, 0.05) is 25.7 Å². The first-order valence-corrected chi connectivity index (χ1v) is 48.5. The number of carbonyl (C=O) groups is 4. The molecule has 0 heterocycles. The summed E-state index contributed by atoms with van der Waals surface area (Å²) >= 11 is 0. The molecule has 107 heavy (non-hydrogen) atoms. The minimum Gasteiger partial charge on any atom is -0.462 e. The second-order valence-corrected chi connectivity index (χ2v) is 35.5. The Kier molecular flexibility index (Phi) is 77.9. The average molecular weight is 1560 g/mol. The van der Waals surface area contributed by atoms with E-state index in [1.807, 2.05) is 0 Å². The van der Waals surface area contributed by atoms with Gasteiger partial charge >= 0.3 is 39.5 Å². The molecule has 0 aliphatic carbocycles. The van der Waals surface area contributed by atoms with E-state index in [-0.39, 0.29) is 25.7 Å². The Bertz CT molecular complexity index is 2050. The zero-order valence-corrected chi connectivity index (χ0v) is 72.2. The maximum atomic E-state index is 13.2. The number of phosphoric acid groups is 2. The predicted octanol–water partition coefficient (Wildman–Crippen LogP) is 27.0. The fourth-order valence-corrected chi connectivity index (χ4v) is 15.4. The smallest absolute Gasteiger partial charge is 0.462 e. The molecule has 0 bridgehead atoms. The molecule has 19 heteroatoms. The summed E-state index contributed by atoms with van der Waals surface area (Å²) in [6, 6.07) is 0. The Labute approximate surface area is 658 Å². The molecule has 0 aliphatic heterocycles. The van der Waals surface area contributed by atoms with Crippen molar-refractivity contribution in [2.75, 3.05) is 39.6 Å². The Balaban J connectivity index is 5.19. The van der Waals surface area contributed by atoms with Gasteiger partial charge in [0.15, 0.2) is 12.2 Å². The van der Waals surface area contributed by atoms with Crippen LogP contribution in [0.3, 0.4) is 0 Å². The quantitative estimate of drug-likeness (QED) is 0.0222. The maximum Gasteiger partial charge on any atom is 0.472 e. The average Bonchev–Trinajstić information content (AvgIpc) is 0.903. The van der Waals surface area contributed by atoms with Crippen LogP contribution in [0.2, 0.25) is 0 Å². The summed E-state index contributed by atoms with van der Waals surface area (Å²) in [6.45, 7) is 9.60. The Morgan fingerprint density at radius 2 is 0.430 bits per heavy atom. The molecule has 0 saturated carbocycles. The topological polar surface area (TPSA) is 237 Å². The summed E-state index contributed by atoms with van der Waals surface area (Å²) in [5.74, 6) is -0.642. The number of aliphatic hydroxyl groups excluding tert-OH is 1. The Morgan fingerprint density at radius 1 is 0.252 bits per heavy atom. The maximum absolute atomic E-state index is 13.2. The number of aliphatic hydroxyl groups is 1. The van der Waals surface area contributed by atoms with Crippen molar-refractivity contribution in [2.24, 2.45) is 11.8 Å². The highest BCUT2D eigenvalue weighted by Gasteiger charge is 2.30. The van der Waals surface area contributed by atoms with Gasteiger partial charge in [-0.3, -0.25) is 37.3 Å². The van der Waals surface area contributed by atoms with Crippen molar-refractivity contribution in [1.29, 1.82) is 0 Å². The van der Waals surface area contributed by atoms with Crippen molar-refractivity contribution in [3.8, 4) is 0 Å². The van der Waals surface area contributed by atoms with Crippen LogP contribution in [0.5, 0.6) is 0 Å². The normalized spacial score (nSPS) is 13.8. The van der Waals surface area contributed by atoms with Gasteiger partial charge in [0.05, 0.1) is 26.4 Å². The summed E-state index contributed by atoms with van der Waals surface area (Å²) < 4.78 is 68.9. The highest BCUT2D eigenvalue weighted by molar-refractivity contribution is 7.47. The molecule has 17 nitrogen and oxygen atoms in total. The lowest BCUT2D eigenvalue weighted by Crippen LogP contribution is -2.30. The van der Waals surface area contributed by atoms with Gasteiger partial charge in [-0.05, 0) is 37.5 Å². The van der Waals surface area contributed by atoms with Gasteiger partial charge in [0.1, 0.15) is 19.3 Å². The second kappa shape index (κ2) is 79.3. The fraction of sp³-hybridized carbons (Fsp3) is 0.955. The van der Waals surface area contributed by atoms with Crippen LogP contribution in [-0.2, 0) is 65.4 Å². The minimum absolute atomic E-state index is 0.105. The summed E-state index contributed by atoms with van der Waals surface area (Å²) in [6.07, 6.45) is 72.6. The lowest BCUT2D eigenvalue weighted by molar-refractivity contribution is -0.161. The third kappa shape index (κ3) is 81.9. The van der Waals surface area contributed by atoms with Gasteiger partial charge in [0.2, 0.25) is 0 Å². The van der Waals surface area contributed by atoms with Crippen molar-refractivity contribution in [1.82, 2.24) is 0 Å². The van der Waals surface area contributed by atoms with Crippen LogP contribution in [0.15, 0.2) is 0 Å². The summed E-state index contributed by atoms with van der Waals surface area (Å²) in [7, 11) is -9.93. The number of hydrogen-bond acceptors (Lipinski definition) is 15. The van der Waals surface area contributed by atoms with E-state index in [1.165, 1.54) is 289 Å². The van der Waals surface area contributed by atoms with Gasteiger partial charge in [-0.25, -0.2) is 9.13 Å².